The van der Waals surface area contributed by atoms with Crippen molar-refractivity contribution in [3.8, 4) is 5.75 Å². The number of hydrogen-bond acceptors (Lipinski definition) is 3. The molecule has 0 aromatic heterocycles. The second-order valence-electron chi connectivity index (χ2n) is 5.30. The Morgan fingerprint density at radius 1 is 1.37 bits per heavy atom. The van der Waals surface area contributed by atoms with Gasteiger partial charge in [-0.05, 0) is 39.8 Å². The van der Waals surface area contributed by atoms with Gasteiger partial charge in [-0.25, -0.2) is 4.39 Å². The fourth-order valence-electron chi connectivity index (χ4n) is 1.40. The molecule has 0 spiro atoms. The van der Waals surface area contributed by atoms with E-state index >= 15 is 0 Å². The van der Waals surface area contributed by atoms with Crippen LogP contribution < -0.4 is 10.5 Å². The van der Waals surface area contributed by atoms with Gasteiger partial charge in [-0.3, -0.25) is 4.79 Å². The maximum Gasteiger partial charge on any atom is 0.261 e. The van der Waals surface area contributed by atoms with Crippen LogP contribution in [0.1, 0.15) is 33.3 Å². The average Bonchev–Trinajstić information content (AvgIpc) is 2.19. The van der Waals surface area contributed by atoms with Gasteiger partial charge in [0.2, 0.25) is 0 Å². The fourth-order valence-corrected chi connectivity index (χ4v) is 1.78. The highest BCUT2D eigenvalue weighted by Gasteiger charge is 2.30. The van der Waals surface area contributed by atoms with Crippen LogP contribution >= 0.6 is 11.6 Å². The number of benzene rings is 1. The van der Waals surface area contributed by atoms with E-state index in [1.165, 1.54) is 33.8 Å². The summed E-state index contributed by atoms with van der Waals surface area (Å²) in [6.45, 7) is 5.87. The molecule has 3 N–H and O–H groups in total. The molecule has 0 unspecified atom stereocenters. The molecule has 0 aliphatic rings. The number of nitrogens with two attached hydrogens (primary N) is 1. The molecule has 1 aromatic rings. The summed E-state index contributed by atoms with van der Waals surface area (Å²) < 4.78 is 19.0. The van der Waals surface area contributed by atoms with Crippen LogP contribution in [0.2, 0.25) is 5.02 Å². The van der Waals surface area contributed by atoms with Crippen LogP contribution in [0.25, 0.3) is 0 Å². The molecule has 1 rings (SSSR count). The second kappa shape index (κ2) is 4.98. The third-order valence-electron chi connectivity index (χ3n) is 2.64. The maximum absolute atomic E-state index is 13.8. The van der Waals surface area contributed by atoms with Gasteiger partial charge in [0.1, 0.15) is 0 Å². The summed E-state index contributed by atoms with van der Waals surface area (Å²) in [6, 6.07) is 2.30. The van der Waals surface area contributed by atoms with Crippen LogP contribution in [0, 0.1) is 5.82 Å². The van der Waals surface area contributed by atoms with Crippen LogP contribution in [0.5, 0.6) is 5.75 Å². The normalized spacial score (nSPS) is 12.4. The molecule has 19 heavy (non-hydrogen) atoms. The number of rotatable bonds is 4. The van der Waals surface area contributed by atoms with Crippen molar-refractivity contribution in [3.63, 3.8) is 0 Å². The molecule has 0 aliphatic carbocycles. The zero-order chi connectivity index (χ0) is 15.0. The zero-order valence-corrected chi connectivity index (χ0v) is 12.0. The minimum atomic E-state index is -1.37. The molecule has 0 radical (unpaired) electrons. The zero-order valence-electron chi connectivity index (χ0n) is 11.3. The van der Waals surface area contributed by atoms with Crippen LogP contribution in [0.4, 0.5) is 4.39 Å². The Hall–Kier alpha value is -1.33. The van der Waals surface area contributed by atoms with Gasteiger partial charge < -0.3 is 15.6 Å². The Labute approximate surface area is 116 Å². The molecule has 106 valence electrons. The minimum Gasteiger partial charge on any atom is -0.475 e. The smallest absolute Gasteiger partial charge is 0.261 e. The Bertz CT molecular complexity index is 509. The quantitative estimate of drug-likeness (QED) is 0.893. The Morgan fingerprint density at radius 3 is 2.32 bits per heavy atom. The van der Waals surface area contributed by atoms with E-state index < -0.39 is 22.9 Å². The molecule has 0 saturated carbocycles. The molecule has 0 heterocycles. The van der Waals surface area contributed by atoms with Gasteiger partial charge in [0.15, 0.2) is 17.2 Å². The first-order chi connectivity index (χ1) is 8.45. The van der Waals surface area contributed by atoms with Crippen LogP contribution in [0.15, 0.2) is 12.1 Å². The predicted molar refractivity (Wildman–Crippen MR) is 70.6 cm³/mol. The lowest BCUT2D eigenvalue weighted by atomic mass is 9.98. The van der Waals surface area contributed by atoms with Crippen molar-refractivity contribution in [1.29, 1.82) is 0 Å². The van der Waals surface area contributed by atoms with E-state index in [0.717, 1.165) is 6.07 Å². The van der Waals surface area contributed by atoms with Crippen LogP contribution in [-0.2, 0) is 10.4 Å². The molecule has 0 aliphatic heterocycles. The number of aliphatic hydroxyl groups is 1. The maximum atomic E-state index is 13.8. The largest absolute Gasteiger partial charge is 0.475 e. The standard InChI is InChI=1S/C13H17ClFNO3/c1-12(2,18)7-5-10(9(15)6-8(7)14)19-13(3,4)11(16)17/h5-6,18H,1-4H3,(H2,16,17). The second-order valence-corrected chi connectivity index (χ2v) is 5.71. The summed E-state index contributed by atoms with van der Waals surface area (Å²) in [5, 5.41) is 10.0. The molecule has 1 aromatic carbocycles. The summed E-state index contributed by atoms with van der Waals surface area (Å²) >= 11 is 5.87. The topological polar surface area (TPSA) is 72.6 Å². The highest BCUT2D eigenvalue weighted by molar-refractivity contribution is 6.31. The monoisotopic (exact) mass is 289 g/mol. The van der Waals surface area contributed by atoms with Crippen molar-refractivity contribution in [2.45, 2.75) is 38.9 Å². The lowest BCUT2D eigenvalue weighted by molar-refractivity contribution is -0.130. The molecule has 0 bridgehead atoms. The van der Waals surface area contributed by atoms with Gasteiger partial charge in [0.05, 0.1) is 5.60 Å². The molecular weight excluding hydrogens is 273 g/mol. The van der Waals surface area contributed by atoms with Crippen molar-refractivity contribution in [3.05, 3.63) is 28.5 Å². The van der Waals surface area contributed by atoms with E-state index in [-0.39, 0.29) is 10.8 Å². The number of carbonyl (C=O) groups excluding carboxylic acids is 1. The van der Waals surface area contributed by atoms with Gasteiger partial charge in [0, 0.05) is 10.6 Å². The molecule has 0 fully saturated rings. The highest BCUT2D eigenvalue weighted by Crippen LogP contribution is 2.34. The molecule has 6 heteroatoms. The number of ether oxygens (including phenoxy) is 1. The number of carbonyl (C=O) groups is 1. The Balaban J connectivity index is 3.27. The third-order valence-corrected chi connectivity index (χ3v) is 2.95. The molecule has 0 saturated heterocycles. The van der Waals surface area contributed by atoms with E-state index in [1.54, 1.807) is 0 Å². The Morgan fingerprint density at radius 2 is 1.89 bits per heavy atom. The van der Waals surface area contributed by atoms with Crippen molar-refractivity contribution in [2.24, 2.45) is 5.73 Å². The number of primary amides is 1. The van der Waals surface area contributed by atoms with E-state index in [0.29, 0.717) is 5.56 Å². The lowest BCUT2D eigenvalue weighted by Gasteiger charge is -2.25. The summed E-state index contributed by atoms with van der Waals surface area (Å²) in [6.07, 6.45) is 0. The summed E-state index contributed by atoms with van der Waals surface area (Å²) in [4.78, 5) is 11.2. The summed E-state index contributed by atoms with van der Waals surface area (Å²) in [5.41, 5.74) is 2.82. The van der Waals surface area contributed by atoms with E-state index in [4.69, 9.17) is 22.1 Å². The minimum absolute atomic E-state index is 0.0780. The molecular formula is C13H17ClFNO3. The number of halogens is 2. The van der Waals surface area contributed by atoms with Crippen molar-refractivity contribution >= 4 is 17.5 Å². The molecule has 1 amide bonds. The lowest BCUT2D eigenvalue weighted by Crippen LogP contribution is -2.43. The van der Waals surface area contributed by atoms with Gasteiger partial charge in [-0.15, -0.1) is 0 Å². The van der Waals surface area contributed by atoms with Gasteiger partial charge in [-0.2, -0.15) is 0 Å². The van der Waals surface area contributed by atoms with E-state index in [9.17, 15) is 14.3 Å². The summed E-state index contributed by atoms with van der Waals surface area (Å²) in [7, 11) is 0. The van der Waals surface area contributed by atoms with Gasteiger partial charge in [0.25, 0.3) is 5.91 Å². The van der Waals surface area contributed by atoms with Gasteiger partial charge >= 0.3 is 0 Å². The molecule has 4 nitrogen and oxygen atoms in total. The third kappa shape index (κ3) is 3.58. The SMILES string of the molecule is CC(C)(Oc1cc(C(C)(C)O)c(Cl)cc1F)C(N)=O. The van der Waals surface area contributed by atoms with Crippen molar-refractivity contribution < 1.29 is 19.0 Å². The highest BCUT2D eigenvalue weighted by atomic mass is 35.5. The number of amides is 1. The summed E-state index contributed by atoms with van der Waals surface area (Å²) in [5.74, 6) is -1.65. The van der Waals surface area contributed by atoms with Crippen LogP contribution in [-0.4, -0.2) is 16.6 Å². The van der Waals surface area contributed by atoms with Crippen LogP contribution in [0.3, 0.4) is 0 Å². The predicted octanol–water partition coefficient (Wildman–Crippen LogP) is 2.35. The van der Waals surface area contributed by atoms with E-state index in [2.05, 4.69) is 0 Å². The fraction of sp³-hybridized carbons (Fsp3) is 0.462. The number of hydrogen-bond donors (Lipinski definition) is 2. The van der Waals surface area contributed by atoms with Crippen molar-refractivity contribution in [2.75, 3.05) is 0 Å². The Kier molecular flexibility index (Phi) is 4.12. The van der Waals surface area contributed by atoms with Crippen molar-refractivity contribution in [1.82, 2.24) is 0 Å². The molecule has 0 atom stereocenters. The first-order valence-electron chi connectivity index (χ1n) is 5.66. The van der Waals surface area contributed by atoms with Gasteiger partial charge in [-0.1, -0.05) is 11.6 Å². The average molecular weight is 290 g/mol. The van der Waals surface area contributed by atoms with E-state index in [1.807, 2.05) is 0 Å². The first-order valence-corrected chi connectivity index (χ1v) is 6.04. The first kappa shape index (κ1) is 15.7.